The predicted octanol–water partition coefficient (Wildman–Crippen LogP) is 2.82. The van der Waals surface area contributed by atoms with Gasteiger partial charge in [-0.05, 0) is 0 Å². The molecule has 0 aliphatic heterocycles. The third-order valence-electron chi connectivity index (χ3n) is 1.08. The molecule has 0 N–H and O–H groups in total. The first-order valence-corrected chi connectivity index (χ1v) is 8.33. The van der Waals surface area contributed by atoms with E-state index in [4.69, 9.17) is 0 Å². The number of rotatable bonds is 7. The van der Waals surface area contributed by atoms with Crippen LogP contribution in [0.4, 0.5) is 0 Å². The fourth-order valence-electron chi connectivity index (χ4n) is 0.385. The van der Waals surface area contributed by atoms with Crippen LogP contribution in [0.5, 0.6) is 0 Å². The van der Waals surface area contributed by atoms with E-state index in [0.29, 0.717) is 10.5 Å². The SMILES string of the molecule is SCC(S)CSSC(CS)CS. The largest absolute Gasteiger partial charge is 0.178 e. The van der Waals surface area contributed by atoms with E-state index in [1.54, 1.807) is 0 Å². The Balaban J connectivity index is 3.28. The summed E-state index contributed by atoms with van der Waals surface area (Å²) < 4.78 is 0. The van der Waals surface area contributed by atoms with Gasteiger partial charge in [0.2, 0.25) is 0 Å². The second-order valence-electron chi connectivity index (χ2n) is 2.20. The van der Waals surface area contributed by atoms with E-state index in [1.165, 1.54) is 0 Å². The third kappa shape index (κ3) is 7.50. The van der Waals surface area contributed by atoms with Crippen molar-refractivity contribution >= 4 is 72.1 Å². The Morgan fingerprint density at radius 1 is 1.00 bits per heavy atom. The van der Waals surface area contributed by atoms with E-state index in [1.807, 2.05) is 21.6 Å². The summed E-state index contributed by atoms with van der Waals surface area (Å²) in [5.41, 5.74) is 0. The van der Waals surface area contributed by atoms with Crippen molar-refractivity contribution in [1.29, 1.82) is 0 Å². The molecule has 0 aromatic carbocycles. The van der Waals surface area contributed by atoms with Gasteiger partial charge < -0.3 is 0 Å². The Hall–Kier alpha value is 2.10. The van der Waals surface area contributed by atoms with E-state index >= 15 is 0 Å². The fraction of sp³-hybridized carbons (Fsp3) is 1.00. The Morgan fingerprint density at radius 3 is 2.00 bits per heavy atom. The topological polar surface area (TPSA) is 0 Å². The van der Waals surface area contributed by atoms with Crippen LogP contribution in [0, 0.1) is 0 Å². The third-order valence-corrected chi connectivity index (χ3v) is 6.71. The van der Waals surface area contributed by atoms with Gasteiger partial charge in [-0.25, -0.2) is 0 Å². The second kappa shape index (κ2) is 9.65. The van der Waals surface area contributed by atoms with Crippen molar-refractivity contribution in [2.75, 3.05) is 23.0 Å². The molecule has 0 saturated heterocycles. The van der Waals surface area contributed by atoms with Gasteiger partial charge in [0.1, 0.15) is 0 Å². The Bertz CT molecular complexity index is 94.0. The lowest BCUT2D eigenvalue weighted by Crippen LogP contribution is -2.07. The molecule has 0 aromatic heterocycles. The lowest BCUT2D eigenvalue weighted by Gasteiger charge is -2.11. The summed E-state index contributed by atoms with van der Waals surface area (Å²) in [4.78, 5) is 0. The normalized spacial score (nSPS) is 13.8. The van der Waals surface area contributed by atoms with Crippen LogP contribution in [0.25, 0.3) is 0 Å². The highest BCUT2D eigenvalue weighted by Crippen LogP contribution is 2.29. The summed E-state index contributed by atoms with van der Waals surface area (Å²) in [6.45, 7) is 0. The van der Waals surface area contributed by atoms with E-state index in [9.17, 15) is 0 Å². The number of thiol groups is 4. The summed E-state index contributed by atoms with van der Waals surface area (Å²) in [5, 5.41) is 0.938. The molecule has 0 rings (SSSR count). The maximum absolute atomic E-state index is 4.34. The average molecular weight is 279 g/mol. The van der Waals surface area contributed by atoms with Crippen LogP contribution in [0.3, 0.4) is 0 Å². The van der Waals surface area contributed by atoms with Gasteiger partial charge in [-0.3, -0.25) is 0 Å². The first-order chi connectivity index (χ1) is 5.74. The van der Waals surface area contributed by atoms with Crippen LogP contribution in [0.15, 0.2) is 0 Å². The van der Waals surface area contributed by atoms with Crippen molar-refractivity contribution < 1.29 is 0 Å². The van der Waals surface area contributed by atoms with E-state index in [0.717, 1.165) is 23.0 Å². The van der Waals surface area contributed by atoms with Crippen molar-refractivity contribution in [1.82, 2.24) is 0 Å². The number of hydrogen-bond donors (Lipinski definition) is 4. The maximum atomic E-state index is 4.34. The summed E-state index contributed by atoms with van der Waals surface area (Å²) in [6.07, 6.45) is 0. The summed E-state index contributed by atoms with van der Waals surface area (Å²) in [6, 6.07) is 0. The van der Waals surface area contributed by atoms with E-state index in [2.05, 4.69) is 50.5 Å². The molecule has 0 saturated carbocycles. The first-order valence-electron chi connectivity index (χ1n) is 3.53. The van der Waals surface area contributed by atoms with Crippen molar-refractivity contribution in [2.45, 2.75) is 10.5 Å². The summed E-state index contributed by atoms with van der Waals surface area (Å²) in [7, 11) is 3.68. The van der Waals surface area contributed by atoms with Crippen LogP contribution in [0.1, 0.15) is 0 Å². The molecule has 0 bridgehead atoms. The van der Waals surface area contributed by atoms with Crippen LogP contribution in [-0.2, 0) is 0 Å². The quantitative estimate of drug-likeness (QED) is 0.418. The van der Waals surface area contributed by atoms with Gasteiger partial charge in [0.25, 0.3) is 0 Å². The van der Waals surface area contributed by atoms with Crippen LogP contribution in [0.2, 0.25) is 0 Å². The van der Waals surface area contributed by atoms with Crippen LogP contribution in [-0.4, -0.2) is 33.5 Å². The highest BCUT2D eigenvalue weighted by molar-refractivity contribution is 8.77. The lowest BCUT2D eigenvalue weighted by molar-refractivity contribution is 1.16. The summed E-state index contributed by atoms with van der Waals surface area (Å²) in [5.74, 6) is 3.65. The minimum absolute atomic E-state index is 0.395. The van der Waals surface area contributed by atoms with Gasteiger partial charge in [-0.15, -0.1) is 0 Å². The summed E-state index contributed by atoms with van der Waals surface area (Å²) >= 11 is 17.0. The van der Waals surface area contributed by atoms with Crippen molar-refractivity contribution in [3.8, 4) is 0 Å². The van der Waals surface area contributed by atoms with Gasteiger partial charge in [0, 0.05) is 33.5 Å². The Labute approximate surface area is 105 Å². The molecule has 6 heteroatoms. The molecule has 0 fully saturated rings. The zero-order valence-corrected chi connectivity index (χ0v) is 11.8. The highest BCUT2D eigenvalue weighted by atomic mass is 33.1. The number of hydrogen-bond acceptors (Lipinski definition) is 6. The molecular weight excluding hydrogens is 264 g/mol. The van der Waals surface area contributed by atoms with Gasteiger partial charge >= 0.3 is 0 Å². The zero-order valence-electron chi connectivity index (χ0n) is 6.59. The van der Waals surface area contributed by atoms with Crippen LogP contribution < -0.4 is 0 Å². The molecule has 74 valence electrons. The second-order valence-corrected chi connectivity index (χ2v) is 6.74. The molecule has 0 heterocycles. The Kier molecular flexibility index (Phi) is 11.3. The molecule has 0 aromatic rings. The minimum atomic E-state index is 0.395. The van der Waals surface area contributed by atoms with Crippen molar-refractivity contribution in [2.24, 2.45) is 0 Å². The molecule has 0 aliphatic carbocycles. The van der Waals surface area contributed by atoms with E-state index in [-0.39, 0.29) is 0 Å². The zero-order chi connectivity index (χ0) is 9.40. The van der Waals surface area contributed by atoms with Gasteiger partial charge in [-0.1, -0.05) is 21.6 Å². The molecule has 12 heavy (non-hydrogen) atoms. The van der Waals surface area contributed by atoms with Gasteiger partial charge in [-0.2, -0.15) is 50.5 Å². The van der Waals surface area contributed by atoms with Gasteiger partial charge in [0.15, 0.2) is 0 Å². The average Bonchev–Trinajstić information content (AvgIpc) is 2.12. The molecule has 0 nitrogen and oxygen atoms in total. The van der Waals surface area contributed by atoms with Gasteiger partial charge in [0.05, 0.1) is 0 Å². The minimum Gasteiger partial charge on any atom is -0.178 e. The first kappa shape index (κ1) is 14.1. The molecule has 0 radical (unpaired) electrons. The fourth-order valence-corrected chi connectivity index (χ4v) is 5.11. The maximum Gasteiger partial charge on any atom is 0.0327 e. The molecule has 1 unspecified atom stereocenters. The smallest absolute Gasteiger partial charge is 0.0327 e. The molecule has 0 aliphatic rings. The lowest BCUT2D eigenvalue weighted by atomic mass is 10.6. The predicted molar refractivity (Wildman–Crippen MR) is 78.2 cm³/mol. The molecular formula is C6H14S6. The van der Waals surface area contributed by atoms with Crippen molar-refractivity contribution in [3.63, 3.8) is 0 Å². The van der Waals surface area contributed by atoms with E-state index < -0.39 is 0 Å². The highest BCUT2D eigenvalue weighted by Gasteiger charge is 2.06. The molecule has 0 amide bonds. The Morgan fingerprint density at radius 2 is 1.58 bits per heavy atom. The standard InChI is InChI=1S/C6H14S6/c7-1-5(10)4-11-12-6(2-8)3-9/h5-10H,1-4H2. The molecule has 0 spiro atoms. The molecule has 1 atom stereocenters. The van der Waals surface area contributed by atoms with Crippen molar-refractivity contribution in [3.05, 3.63) is 0 Å². The monoisotopic (exact) mass is 278 g/mol. The van der Waals surface area contributed by atoms with Crippen LogP contribution >= 0.6 is 72.1 Å².